The number of rotatable bonds is 8. The van der Waals surface area contributed by atoms with Crippen LogP contribution in [-0.2, 0) is 25.3 Å². The molecule has 0 radical (unpaired) electrons. The van der Waals surface area contributed by atoms with E-state index < -0.39 is 22.1 Å². The molecule has 0 aliphatic heterocycles. The van der Waals surface area contributed by atoms with Crippen LogP contribution >= 0.6 is 0 Å². The van der Waals surface area contributed by atoms with Crippen LogP contribution in [0.15, 0.2) is 54.6 Å². The van der Waals surface area contributed by atoms with E-state index in [-0.39, 0.29) is 29.0 Å². The fourth-order valence-corrected chi connectivity index (χ4v) is 5.02. The van der Waals surface area contributed by atoms with Crippen LogP contribution in [0.1, 0.15) is 55.5 Å². The summed E-state index contributed by atoms with van der Waals surface area (Å²) in [6, 6.07) is 15.0. The van der Waals surface area contributed by atoms with Crippen molar-refractivity contribution in [2.45, 2.75) is 57.4 Å². The normalized spacial score (nSPS) is 19.6. The van der Waals surface area contributed by atoms with E-state index in [9.17, 15) is 18.0 Å². The fourth-order valence-electron chi connectivity index (χ4n) is 3.83. The fraction of sp³-hybridized carbons (Fsp3) is 0.417. The van der Waals surface area contributed by atoms with Crippen molar-refractivity contribution in [2.24, 2.45) is 5.92 Å². The molecule has 172 valence electrons. The lowest BCUT2D eigenvalue weighted by Crippen LogP contribution is -2.45. The molecule has 2 aromatic carbocycles. The number of ether oxygens (including phenoxy) is 1. The Hall–Kier alpha value is -2.87. The minimum absolute atomic E-state index is 0.0970. The summed E-state index contributed by atoms with van der Waals surface area (Å²) in [5.41, 5.74) is 1.07. The first-order valence-electron chi connectivity index (χ1n) is 10.9. The Bertz CT molecular complexity index is 1040. The number of hydrogen-bond acceptors (Lipinski definition) is 5. The molecule has 2 aromatic rings. The van der Waals surface area contributed by atoms with Gasteiger partial charge in [-0.1, -0.05) is 56.2 Å². The number of amides is 1. The molecular weight excluding hydrogens is 428 g/mol. The molecule has 0 unspecified atom stereocenters. The first-order valence-corrected chi connectivity index (χ1v) is 12.5. The van der Waals surface area contributed by atoms with Crippen molar-refractivity contribution in [2.75, 3.05) is 4.72 Å². The Morgan fingerprint density at radius 3 is 2.50 bits per heavy atom. The van der Waals surface area contributed by atoms with E-state index in [1.54, 1.807) is 36.4 Å². The first kappa shape index (κ1) is 23.8. The van der Waals surface area contributed by atoms with Crippen LogP contribution in [0.25, 0.3) is 0 Å². The molecule has 1 aliphatic rings. The molecule has 0 bridgehead atoms. The van der Waals surface area contributed by atoms with E-state index in [4.69, 9.17) is 4.74 Å². The van der Waals surface area contributed by atoms with Crippen LogP contribution in [0.4, 0.5) is 5.69 Å². The van der Waals surface area contributed by atoms with Gasteiger partial charge in [0.1, 0.15) is 0 Å². The third-order valence-electron chi connectivity index (χ3n) is 5.66. The molecular formula is C24H30N2O5S. The van der Waals surface area contributed by atoms with Gasteiger partial charge in [-0.3, -0.25) is 9.52 Å². The van der Waals surface area contributed by atoms with E-state index in [1.165, 1.54) is 25.5 Å². The molecule has 3 rings (SSSR count). The zero-order valence-corrected chi connectivity index (χ0v) is 19.2. The summed E-state index contributed by atoms with van der Waals surface area (Å²) in [5.74, 6) is -0.791. The van der Waals surface area contributed by atoms with Gasteiger partial charge in [-0.25, -0.2) is 13.2 Å². The molecule has 1 amide bonds. The van der Waals surface area contributed by atoms with Crippen molar-refractivity contribution in [3.8, 4) is 0 Å². The number of anilines is 1. The quantitative estimate of drug-likeness (QED) is 0.585. The minimum atomic E-state index is -3.65. The maximum Gasteiger partial charge on any atom is 0.338 e. The van der Waals surface area contributed by atoms with Crippen molar-refractivity contribution in [1.82, 2.24) is 5.32 Å². The Morgan fingerprint density at radius 1 is 1.06 bits per heavy atom. The van der Waals surface area contributed by atoms with E-state index in [0.29, 0.717) is 11.5 Å². The molecule has 2 N–H and O–H groups in total. The summed E-state index contributed by atoms with van der Waals surface area (Å²) in [5, 5.41) is 2.98. The van der Waals surface area contributed by atoms with Crippen molar-refractivity contribution < 1.29 is 22.7 Å². The SMILES string of the molecule is C[C@H](OC(=O)c1cccc(NS(=O)(=O)Cc2ccccc2)c1)C(=O)N[C@H]1CCCC[C@H]1C. The molecule has 0 heterocycles. The maximum absolute atomic E-state index is 12.5. The molecule has 1 aliphatic carbocycles. The highest BCUT2D eigenvalue weighted by Crippen LogP contribution is 2.24. The van der Waals surface area contributed by atoms with Crippen molar-refractivity contribution in [1.29, 1.82) is 0 Å². The average Bonchev–Trinajstić information content (AvgIpc) is 2.75. The lowest BCUT2D eigenvalue weighted by Gasteiger charge is -2.30. The lowest BCUT2D eigenvalue weighted by atomic mass is 9.86. The zero-order chi connectivity index (χ0) is 23.1. The van der Waals surface area contributed by atoms with Gasteiger partial charge in [0.25, 0.3) is 5.91 Å². The number of hydrogen-bond donors (Lipinski definition) is 2. The summed E-state index contributed by atoms with van der Waals surface area (Å²) in [7, 11) is -3.65. The van der Waals surface area contributed by atoms with Gasteiger partial charge in [-0.05, 0) is 49.4 Å². The van der Waals surface area contributed by atoms with Crippen LogP contribution in [0.2, 0.25) is 0 Å². The van der Waals surface area contributed by atoms with Gasteiger partial charge in [-0.2, -0.15) is 0 Å². The second kappa shape index (κ2) is 10.6. The van der Waals surface area contributed by atoms with Gasteiger partial charge in [0.05, 0.1) is 11.3 Å². The van der Waals surface area contributed by atoms with E-state index in [2.05, 4.69) is 17.0 Å². The number of sulfonamides is 1. The Labute approximate surface area is 189 Å². The number of carbonyl (C=O) groups is 2. The monoisotopic (exact) mass is 458 g/mol. The van der Waals surface area contributed by atoms with Gasteiger partial charge >= 0.3 is 5.97 Å². The standard InChI is InChI=1S/C24H30N2O5S/c1-17-9-6-7-14-22(17)25-23(27)18(2)31-24(28)20-12-8-13-21(15-20)26-32(29,30)16-19-10-4-3-5-11-19/h3-5,8,10-13,15,17-18,22,26H,6-7,9,14,16H2,1-2H3,(H,25,27)/t17-,18+,22+/m1/s1. The molecule has 1 fully saturated rings. The average molecular weight is 459 g/mol. The number of benzene rings is 2. The second-order valence-electron chi connectivity index (χ2n) is 8.35. The molecule has 0 spiro atoms. The zero-order valence-electron chi connectivity index (χ0n) is 18.4. The lowest BCUT2D eigenvalue weighted by molar-refractivity contribution is -0.130. The van der Waals surface area contributed by atoms with Gasteiger partial charge < -0.3 is 10.1 Å². The molecule has 0 aromatic heterocycles. The largest absolute Gasteiger partial charge is 0.449 e. The Balaban J connectivity index is 1.59. The molecule has 32 heavy (non-hydrogen) atoms. The number of esters is 1. The summed E-state index contributed by atoms with van der Waals surface area (Å²) in [4.78, 5) is 25.0. The van der Waals surface area contributed by atoms with Gasteiger partial charge in [0.2, 0.25) is 10.0 Å². The van der Waals surface area contributed by atoms with E-state index in [0.717, 1.165) is 19.3 Å². The Morgan fingerprint density at radius 2 is 1.78 bits per heavy atom. The smallest absolute Gasteiger partial charge is 0.338 e. The summed E-state index contributed by atoms with van der Waals surface area (Å²) < 4.78 is 32.7. The summed E-state index contributed by atoms with van der Waals surface area (Å²) in [6.07, 6.45) is 3.31. The van der Waals surface area contributed by atoms with Crippen molar-refractivity contribution >= 4 is 27.6 Å². The topological polar surface area (TPSA) is 102 Å². The van der Waals surface area contributed by atoms with Gasteiger partial charge in [-0.15, -0.1) is 0 Å². The highest BCUT2D eigenvalue weighted by atomic mass is 32.2. The van der Waals surface area contributed by atoms with Crippen molar-refractivity contribution in [3.05, 3.63) is 65.7 Å². The van der Waals surface area contributed by atoms with Crippen LogP contribution in [0.5, 0.6) is 0 Å². The third kappa shape index (κ3) is 6.82. The molecule has 8 heteroatoms. The molecule has 3 atom stereocenters. The van der Waals surface area contributed by atoms with E-state index in [1.807, 2.05) is 6.07 Å². The summed E-state index contributed by atoms with van der Waals surface area (Å²) in [6.45, 7) is 3.65. The number of nitrogens with one attached hydrogen (secondary N) is 2. The van der Waals surface area contributed by atoms with Gasteiger partial charge in [0, 0.05) is 11.7 Å². The Kier molecular flexibility index (Phi) is 7.90. The maximum atomic E-state index is 12.5. The van der Waals surface area contributed by atoms with Gasteiger partial charge in [0.15, 0.2) is 6.10 Å². The second-order valence-corrected chi connectivity index (χ2v) is 10.1. The van der Waals surface area contributed by atoms with Crippen LogP contribution in [-0.4, -0.2) is 32.4 Å². The van der Waals surface area contributed by atoms with Crippen molar-refractivity contribution in [3.63, 3.8) is 0 Å². The van der Waals surface area contributed by atoms with Crippen LogP contribution in [0, 0.1) is 5.92 Å². The highest BCUT2D eigenvalue weighted by molar-refractivity contribution is 7.91. The molecule has 1 saturated carbocycles. The minimum Gasteiger partial charge on any atom is -0.449 e. The third-order valence-corrected chi connectivity index (χ3v) is 6.92. The first-order chi connectivity index (χ1) is 15.2. The summed E-state index contributed by atoms with van der Waals surface area (Å²) >= 11 is 0. The highest BCUT2D eigenvalue weighted by Gasteiger charge is 2.26. The molecule has 0 saturated heterocycles. The van der Waals surface area contributed by atoms with Crippen LogP contribution in [0.3, 0.4) is 0 Å². The van der Waals surface area contributed by atoms with E-state index >= 15 is 0 Å². The van der Waals surface area contributed by atoms with Crippen LogP contribution < -0.4 is 10.0 Å². The predicted molar refractivity (Wildman–Crippen MR) is 124 cm³/mol. The predicted octanol–water partition coefficient (Wildman–Crippen LogP) is 3.87. The molecule has 7 nitrogen and oxygen atoms in total. The number of carbonyl (C=O) groups excluding carboxylic acids is 2.